The van der Waals surface area contributed by atoms with Crippen LogP contribution in [0.15, 0.2) is 81.4 Å². The Kier molecular flexibility index (Phi) is 17.0. The zero-order valence-corrected chi connectivity index (χ0v) is 37.4. The fraction of sp³-hybridized carbons (Fsp3) is 0.478. The summed E-state index contributed by atoms with van der Waals surface area (Å²) in [6.07, 6.45) is 9.74. The van der Waals surface area contributed by atoms with Crippen LogP contribution in [0.4, 0.5) is 34.4 Å². The van der Waals surface area contributed by atoms with Crippen LogP contribution >= 0.6 is 0 Å². The number of rotatable bonds is 22. The molecule has 0 fully saturated rings. The van der Waals surface area contributed by atoms with Gasteiger partial charge in [-0.2, -0.15) is 29.8 Å². The van der Waals surface area contributed by atoms with Gasteiger partial charge in [0.1, 0.15) is 6.33 Å². The molecular formula is C46H62N12O4. The molecule has 0 saturated heterocycles. The van der Waals surface area contributed by atoms with E-state index >= 15 is 0 Å². The second-order valence-electron chi connectivity index (χ2n) is 16.1. The highest BCUT2D eigenvalue weighted by atomic mass is 16.5. The minimum absolute atomic E-state index is 0.0760. The lowest BCUT2D eigenvalue weighted by molar-refractivity contribution is 0.0419. The molecule has 2 aromatic carbocycles. The van der Waals surface area contributed by atoms with E-state index in [0.717, 1.165) is 51.4 Å². The molecule has 2 unspecified atom stereocenters. The molecule has 0 radical (unpaired) electrons. The number of unbranched alkanes of at least 4 members (excludes halogenated alkanes) is 2. The van der Waals surface area contributed by atoms with Crippen molar-refractivity contribution >= 4 is 46.3 Å². The van der Waals surface area contributed by atoms with Crippen molar-refractivity contribution in [3.63, 3.8) is 0 Å². The molecule has 0 bridgehead atoms. The van der Waals surface area contributed by atoms with Gasteiger partial charge in [-0.3, -0.25) is 0 Å². The van der Waals surface area contributed by atoms with Gasteiger partial charge in [0, 0.05) is 6.07 Å². The van der Waals surface area contributed by atoms with Crippen LogP contribution in [0.2, 0.25) is 0 Å². The third-order valence-electron chi connectivity index (χ3n) is 10.7. The van der Waals surface area contributed by atoms with Crippen LogP contribution in [0, 0.1) is 11.8 Å². The van der Waals surface area contributed by atoms with Crippen molar-refractivity contribution in [2.75, 3.05) is 24.7 Å². The molecule has 0 amide bonds. The molecule has 0 aliphatic carbocycles. The molecule has 3 heterocycles. The molecule has 62 heavy (non-hydrogen) atoms. The van der Waals surface area contributed by atoms with E-state index in [1.54, 1.807) is 54.6 Å². The molecule has 2 atom stereocenters. The van der Waals surface area contributed by atoms with Gasteiger partial charge in [-0.15, -0.1) is 10.2 Å². The van der Waals surface area contributed by atoms with Crippen LogP contribution in [0.5, 0.6) is 0 Å². The zero-order valence-electron chi connectivity index (χ0n) is 37.4. The zero-order chi connectivity index (χ0) is 44.8. The number of nitrogen functional groups attached to an aromatic ring is 2. The minimum Gasteiger partial charge on any atom is -0.462 e. The number of azo groups is 2. The molecule has 16 heteroatoms. The second kappa shape index (κ2) is 22.5. The summed E-state index contributed by atoms with van der Waals surface area (Å²) in [7, 11) is 0. The Morgan fingerprint density at radius 3 is 1.42 bits per heavy atom. The lowest BCUT2D eigenvalue weighted by atomic mass is 10.0. The predicted molar refractivity (Wildman–Crippen MR) is 242 cm³/mol. The predicted octanol–water partition coefficient (Wildman–Crippen LogP) is 11.8. The van der Waals surface area contributed by atoms with E-state index in [2.05, 4.69) is 58.1 Å². The first-order valence-corrected chi connectivity index (χ1v) is 21.9. The van der Waals surface area contributed by atoms with Crippen molar-refractivity contribution in [2.24, 2.45) is 32.3 Å². The van der Waals surface area contributed by atoms with E-state index in [9.17, 15) is 9.59 Å². The van der Waals surface area contributed by atoms with Gasteiger partial charge in [0.15, 0.2) is 34.6 Å². The van der Waals surface area contributed by atoms with Crippen molar-refractivity contribution in [1.29, 1.82) is 0 Å². The lowest BCUT2D eigenvalue weighted by Gasteiger charge is -2.14. The third kappa shape index (κ3) is 11.9. The van der Waals surface area contributed by atoms with E-state index in [-0.39, 0.29) is 23.5 Å². The average molecular weight is 847 g/mol. The highest BCUT2D eigenvalue weighted by Crippen LogP contribution is 2.37. The molecule has 0 spiro atoms. The summed E-state index contributed by atoms with van der Waals surface area (Å²) in [5, 5.41) is 27.5. The van der Waals surface area contributed by atoms with Crippen molar-refractivity contribution in [2.45, 2.75) is 119 Å². The van der Waals surface area contributed by atoms with Crippen LogP contribution in [0.1, 0.15) is 151 Å². The molecule has 330 valence electrons. The number of nitrogens with two attached hydrogens (primary N) is 2. The van der Waals surface area contributed by atoms with Gasteiger partial charge >= 0.3 is 11.9 Å². The quantitative estimate of drug-likeness (QED) is 0.0496. The summed E-state index contributed by atoms with van der Waals surface area (Å²) in [6.45, 7) is 17.2. The van der Waals surface area contributed by atoms with Gasteiger partial charge in [-0.05, 0) is 72.9 Å². The third-order valence-corrected chi connectivity index (χ3v) is 10.7. The first kappa shape index (κ1) is 46.7. The monoisotopic (exact) mass is 847 g/mol. The van der Waals surface area contributed by atoms with E-state index in [1.165, 1.54) is 15.7 Å². The van der Waals surface area contributed by atoms with Gasteiger partial charge in [-0.25, -0.2) is 19.6 Å². The first-order valence-electron chi connectivity index (χ1n) is 21.9. The summed E-state index contributed by atoms with van der Waals surface area (Å²) in [6, 6.07) is 15.3. The molecule has 3 aromatic heterocycles. The average Bonchev–Trinajstić information content (AvgIpc) is 3.80. The van der Waals surface area contributed by atoms with Gasteiger partial charge < -0.3 is 20.9 Å². The Morgan fingerprint density at radius 1 is 0.629 bits per heavy atom. The van der Waals surface area contributed by atoms with Gasteiger partial charge in [0.2, 0.25) is 0 Å². The molecule has 5 rings (SSSR count). The Balaban J connectivity index is 1.37. The van der Waals surface area contributed by atoms with Crippen LogP contribution in [-0.4, -0.2) is 54.7 Å². The smallest absolute Gasteiger partial charge is 0.338 e. The Labute approximate surface area is 364 Å². The molecule has 0 aliphatic heterocycles. The van der Waals surface area contributed by atoms with Crippen molar-refractivity contribution in [1.82, 2.24) is 29.5 Å². The number of benzene rings is 2. The van der Waals surface area contributed by atoms with Gasteiger partial charge in [0.05, 0.1) is 47.1 Å². The highest BCUT2D eigenvalue weighted by Gasteiger charge is 2.24. The second-order valence-corrected chi connectivity index (χ2v) is 16.1. The number of hydrogen-bond acceptors (Lipinski definition) is 14. The Morgan fingerprint density at radius 2 is 1.05 bits per heavy atom. The van der Waals surface area contributed by atoms with Crippen molar-refractivity contribution in [3.8, 4) is 11.6 Å². The van der Waals surface area contributed by atoms with Crippen LogP contribution in [0.25, 0.3) is 11.6 Å². The van der Waals surface area contributed by atoms with E-state index in [4.69, 9.17) is 31.1 Å². The Hall–Kier alpha value is -6.32. The molecule has 0 aliphatic rings. The summed E-state index contributed by atoms with van der Waals surface area (Å²) < 4.78 is 14.3. The number of anilines is 2. The number of carbonyl (C=O) groups is 2. The number of carbonyl (C=O) groups excluding carboxylic acids is 2. The summed E-state index contributed by atoms with van der Waals surface area (Å²) in [5.41, 5.74) is 17.0. The van der Waals surface area contributed by atoms with Crippen LogP contribution in [0.3, 0.4) is 0 Å². The van der Waals surface area contributed by atoms with Crippen LogP contribution in [-0.2, 0) is 9.47 Å². The molecule has 16 nitrogen and oxygen atoms in total. The SMILES string of the molecule is CCCCC(CC)COC(=O)c1cccc(N=Nc2c(C(C)C)nn(-c3cc(-n4nc(C(C)C)c(N=Nc5cccc(C(=O)OCC(CC)CCCC)c5)c4N)ncn3)c2N)c1. The first-order chi connectivity index (χ1) is 29.9. The maximum Gasteiger partial charge on any atom is 0.338 e. The van der Waals surface area contributed by atoms with E-state index in [1.807, 2.05) is 27.7 Å². The molecule has 5 aromatic rings. The molecule has 0 saturated carbocycles. The lowest BCUT2D eigenvalue weighted by Crippen LogP contribution is -2.14. The fourth-order valence-corrected chi connectivity index (χ4v) is 6.74. The maximum absolute atomic E-state index is 12.9. The number of esters is 2. The summed E-state index contributed by atoms with van der Waals surface area (Å²) in [5.74, 6) is 0.799. The van der Waals surface area contributed by atoms with Crippen molar-refractivity contribution < 1.29 is 19.1 Å². The van der Waals surface area contributed by atoms with Gasteiger partial charge in [0.25, 0.3) is 0 Å². The van der Waals surface area contributed by atoms with Crippen LogP contribution < -0.4 is 11.5 Å². The number of ether oxygens (including phenoxy) is 2. The van der Waals surface area contributed by atoms with Crippen molar-refractivity contribution in [3.05, 3.63) is 83.4 Å². The van der Waals surface area contributed by atoms with E-state index < -0.39 is 11.9 Å². The number of hydrogen-bond donors (Lipinski definition) is 2. The van der Waals surface area contributed by atoms with E-state index in [0.29, 0.717) is 81.9 Å². The summed E-state index contributed by atoms with van der Waals surface area (Å²) in [4.78, 5) is 34.8. The standard InChI is InChI=1S/C46H62N12O4/c1-9-13-17-31(11-3)26-61-45(59)33-19-15-21-35(23-33)51-53-41-39(29(5)6)55-57(43(41)47)37-25-38(50-28-49-37)58-44(48)42(40(56-58)30(7)8)54-52-36-22-16-20-34(24-36)46(60)62-27-32(12-4)18-14-10-2/h15-16,19-25,28-32H,9-14,17-18,26-27,47-48H2,1-8H3. The summed E-state index contributed by atoms with van der Waals surface area (Å²) >= 11 is 0. The Bertz CT molecular complexity index is 2170. The minimum atomic E-state index is -0.401. The largest absolute Gasteiger partial charge is 0.462 e. The normalized spacial score (nSPS) is 12.8. The molecular weight excluding hydrogens is 785 g/mol. The fourth-order valence-electron chi connectivity index (χ4n) is 6.74. The topological polar surface area (TPSA) is 216 Å². The maximum atomic E-state index is 12.9. The number of aromatic nitrogens is 6. The van der Waals surface area contributed by atoms with Gasteiger partial charge in [-0.1, -0.05) is 106 Å². The highest BCUT2D eigenvalue weighted by molar-refractivity contribution is 5.91. The number of nitrogens with zero attached hydrogens (tertiary/aromatic N) is 10. The molecule has 4 N–H and O–H groups in total.